The number of nitrogens with zero attached hydrogens (tertiary/aromatic N) is 1. The van der Waals surface area contributed by atoms with E-state index in [0.717, 1.165) is 5.69 Å². The first kappa shape index (κ1) is 31.9. The number of benzene rings is 2. The molecule has 2 amide bonds. The molecule has 1 aliphatic rings. The van der Waals surface area contributed by atoms with Crippen molar-refractivity contribution < 1.29 is 37.1 Å². The molecule has 0 bridgehead atoms. The van der Waals surface area contributed by atoms with Crippen LogP contribution in [0.4, 0.5) is 23.2 Å². The standard InChI is InChI=1S/C30H37F4N3O4/c1-17(2)24(35-25(38)21-15-18(30(32,33)34)7-10-23(21)31)26(39)37-13-11-29(6,12-14-37)36-19-8-9-20(27(40)41)22(16-19)28(3,4)5/h7-10,15-17,24,36H,11-14H2,1-6H3,(H,35,38)(H,40,41)/t24-/m1/s1. The van der Waals surface area contributed by atoms with Crippen molar-refractivity contribution in [2.75, 3.05) is 18.4 Å². The molecule has 7 nitrogen and oxygen atoms in total. The molecule has 0 spiro atoms. The minimum absolute atomic E-state index is 0.236. The number of hydrogen-bond donors (Lipinski definition) is 3. The summed E-state index contributed by atoms with van der Waals surface area (Å²) in [7, 11) is 0. The second kappa shape index (κ2) is 11.7. The summed E-state index contributed by atoms with van der Waals surface area (Å²) in [6, 6.07) is 5.66. The number of piperidine rings is 1. The third-order valence-electron chi connectivity index (χ3n) is 7.44. The number of carboxylic acids is 1. The van der Waals surface area contributed by atoms with Gasteiger partial charge in [0.1, 0.15) is 11.9 Å². The van der Waals surface area contributed by atoms with Crippen LogP contribution in [-0.4, -0.2) is 52.5 Å². The van der Waals surface area contributed by atoms with Gasteiger partial charge in [0.05, 0.1) is 16.7 Å². The molecular formula is C30H37F4N3O4. The van der Waals surface area contributed by atoms with Crippen LogP contribution >= 0.6 is 0 Å². The van der Waals surface area contributed by atoms with Gasteiger partial charge in [-0.25, -0.2) is 9.18 Å². The Morgan fingerprint density at radius 1 is 0.976 bits per heavy atom. The molecule has 2 aromatic carbocycles. The third kappa shape index (κ3) is 7.56. The number of alkyl halides is 3. The van der Waals surface area contributed by atoms with Gasteiger partial charge in [-0.15, -0.1) is 0 Å². The van der Waals surface area contributed by atoms with Crippen molar-refractivity contribution in [1.29, 1.82) is 0 Å². The Morgan fingerprint density at radius 2 is 1.59 bits per heavy atom. The van der Waals surface area contributed by atoms with E-state index >= 15 is 0 Å². The number of carboxylic acid groups (broad SMARTS) is 1. The van der Waals surface area contributed by atoms with Crippen molar-refractivity contribution in [2.45, 2.75) is 77.6 Å². The highest BCUT2D eigenvalue weighted by molar-refractivity contribution is 5.98. The molecule has 224 valence electrons. The normalized spacial score (nSPS) is 16.3. The predicted octanol–water partition coefficient (Wildman–Crippen LogP) is 6.09. The van der Waals surface area contributed by atoms with Gasteiger partial charge < -0.3 is 20.6 Å². The van der Waals surface area contributed by atoms with Gasteiger partial charge >= 0.3 is 12.1 Å². The molecule has 1 saturated heterocycles. The lowest BCUT2D eigenvalue weighted by molar-refractivity contribution is -0.138. The van der Waals surface area contributed by atoms with E-state index in [9.17, 15) is 37.1 Å². The van der Waals surface area contributed by atoms with Crippen LogP contribution in [0.15, 0.2) is 36.4 Å². The molecule has 0 aliphatic carbocycles. The first-order valence-electron chi connectivity index (χ1n) is 13.4. The van der Waals surface area contributed by atoms with Crippen molar-refractivity contribution in [1.82, 2.24) is 10.2 Å². The number of carbonyl (C=O) groups excluding carboxylic acids is 2. The number of likely N-dealkylation sites (tertiary alicyclic amines) is 1. The average Bonchev–Trinajstić information content (AvgIpc) is 2.85. The summed E-state index contributed by atoms with van der Waals surface area (Å²) < 4.78 is 53.6. The molecule has 3 rings (SSSR count). The number of rotatable bonds is 7. The van der Waals surface area contributed by atoms with Crippen LogP contribution in [-0.2, 0) is 16.4 Å². The fourth-order valence-electron chi connectivity index (χ4n) is 4.93. The van der Waals surface area contributed by atoms with Gasteiger partial charge in [-0.1, -0.05) is 34.6 Å². The smallest absolute Gasteiger partial charge is 0.416 e. The Balaban J connectivity index is 1.71. The second-order valence-electron chi connectivity index (χ2n) is 12.2. The fraction of sp³-hybridized carbons (Fsp3) is 0.500. The molecule has 0 saturated carbocycles. The monoisotopic (exact) mass is 579 g/mol. The summed E-state index contributed by atoms with van der Waals surface area (Å²) in [4.78, 5) is 39.5. The lowest BCUT2D eigenvalue weighted by atomic mass is 9.83. The minimum atomic E-state index is -4.75. The van der Waals surface area contributed by atoms with Gasteiger partial charge in [0.2, 0.25) is 5.91 Å². The molecule has 1 heterocycles. The maximum absolute atomic E-state index is 14.3. The van der Waals surface area contributed by atoms with Crippen LogP contribution in [0.5, 0.6) is 0 Å². The van der Waals surface area contributed by atoms with Crippen LogP contribution in [0.2, 0.25) is 0 Å². The summed E-state index contributed by atoms with van der Waals surface area (Å²) in [6.45, 7) is 11.9. The molecule has 1 aliphatic heterocycles. The molecule has 41 heavy (non-hydrogen) atoms. The first-order chi connectivity index (χ1) is 18.8. The molecule has 2 aromatic rings. The van der Waals surface area contributed by atoms with E-state index in [4.69, 9.17) is 0 Å². The van der Waals surface area contributed by atoms with Crippen LogP contribution in [0.25, 0.3) is 0 Å². The molecular weight excluding hydrogens is 542 g/mol. The zero-order chi connectivity index (χ0) is 30.9. The van der Waals surface area contributed by atoms with Crippen molar-refractivity contribution >= 4 is 23.5 Å². The number of hydrogen-bond acceptors (Lipinski definition) is 4. The van der Waals surface area contributed by atoms with E-state index < -0.39 is 63.8 Å². The maximum Gasteiger partial charge on any atom is 0.416 e. The zero-order valence-corrected chi connectivity index (χ0v) is 24.1. The predicted molar refractivity (Wildman–Crippen MR) is 147 cm³/mol. The molecule has 11 heteroatoms. The molecule has 1 fully saturated rings. The zero-order valence-electron chi connectivity index (χ0n) is 24.1. The Morgan fingerprint density at radius 3 is 2.10 bits per heavy atom. The Kier molecular flexibility index (Phi) is 9.10. The maximum atomic E-state index is 14.3. The summed E-state index contributed by atoms with van der Waals surface area (Å²) >= 11 is 0. The summed E-state index contributed by atoms with van der Waals surface area (Å²) in [6.07, 6.45) is -3.66. The number of anilines is 1. The highest BCUT2D eigenvalue weighted by atomic mass is 19.4. The third-order valence-corrected chi connectivity index (χ3v) is 7.44. The van der Waals surface area contributed by atoms with Crippen molar-refractivity contribution in [3.05, 3.63) is 64.5 Å². The average molecular weight is 580 g/mol. The fourth-order valence-corrected chi connectivity index (χ4v) is 4.93. The first-order valence-corrected chi connectivity index (χ1v) is 13.4. The Labute approximate surface area is 237 Å². The van der Waals surface area contributed by atoms with Crippen molar-refractivity contribution in [2.24, 2.45) is 5.92 Å². The quantitative estimate of drug-likeness (QED) is 0.345. The van der Waals surface area contributed by atoms with Gasteiger partial charge in [0.15, 0.2) is 0 Å². The Hall–Kier alpha value is -3.63. The molecule has 0 unspecified atom stereocenters. The van der Waals surface area contributed by atoms with Crippen LogP contribution < -0.4 is 10.6 Å². The lowest BCUT2D eigenvalue weighted by Crippen LogP contribution is -2.56. The number of amides is 2. The van der Waals surface area contributed by atoms with Crippen LogP contribution in [0.1, 0.15) is 86.2 Å². The van der Waals surface area contributed by atoms with Gasteiger partial charge in [-0.05, 0) is 73.1 Å². The minimum Gasteiger partial charge on any atom is -0.478 e. The molecule has 0 aromatic heterocycles. The molecule has 0 radical (unpaired) electrons. The summed E-state index contributed by atoms with van der Waals surface area (Å²) in [5.74, 6) is -4.01. The van der Waals surface area contributed by atoms with E-state index in [2.05, 4.69) is 10.6 Å². The van der Waals surface area contributed by atoms with Gasteiger partial charge in [0, 0.05) is 24.3 Å². The van der Waals surface area contributed by atoms with Crippen molar-refractivity contribution in [3.8, 4) is 0 Å². The highest BCUT2D eigenvalue weighted by Gasteiger charge is 2.37. The van der Waals surface area contributed by atoms with Crippen LogP contribution in [0, 0.1) is 11.7 Å². The molecule has 1 atom stereocenters. The number of aromatic carboxylic acids is 1. The largest absolute Gasteiger partial charge is 0.478 e. The lowest BCUT2D eigenvalue weighted by Gasteiger charge is -2.42. The van der Waals surface area contributed by atoms with Gasteiger partial charge in [0.25, 0.3) is 5.91 Å². The van der Waals surface area contributed by atoms with E-state index in [-0.39, 0.29) is 5.56 Å². The van der Waals surface area contributed by atoms with Crippen LogP contribution in [0.3, 0.4) is 0 Å². The van der Waals surface area contributed by atoms with E-state index in [0.29, 0.717) is 49.7 Å². The van der Waals surface area contributed by atoms with Gasteiger partial charge in [-0.3, -0.25) is 9.59 Å². The topological polar surface area (TPSA) is 98.7 Å². The number of carbonyl (C=O) groups is 3. The number of halogens is 4. The van der Waals surface area contributed by atoms with Crippen molar-refractivity contribution in [3.63, 3.8) is 0 Å². The van der Waals surface area contributed by atoms with E-state index in [1.165, 1.54) is 0 Å². The van der Waals surface area contributed by atoms with Gasteiger partial charge in [-0.2, -0.15) is 13.2 Å². The number of nitrogens with one attached hydrogen (secondary N) is 2. The molecule has 3 N–H and O–H groups in total. The SMILES string of the molecule is CC(C)[C@@H](NC(=O)c1cc(C(F)(F)F)ccc1F)C(=O)N1CCC(C)(Nc2ccc(C(=O)O)c(C(C)(C)C)c2)CC1. The summed E-state index contributed by atoms with van der Waals surface area (Å²) in [5, 5.41) is 15.5. The van der Waals surface area contributed by atoms with E-state index in [1.807, 2.05) is 33.8 Å². The van der Waals surface area contributed by atoms with E-state index in [1.54, 1.807) is 30.9 Å². The highest BCUT2D eigenvalue weighted by Crippen LogP contribution is 2.33. The Bertz CT molecular complexity index is 1310. The second-order valence-corrected chi connectivity index (χ2v) is 12.2. The summed E-state index contributed by atoms with van der Waals surface area (Å²) in [5.41, 5.74) is -1.05.